The Morgan fingerprint density at radius 2 is 2.22 bits per heavy atom. The van der Waals surface area contributed by atoms with Crippen LogP contribution in [0.15, 0.2) is 22.9 Å². The van der Waals surface area contributed by atoms with Crippen molar-refractivity contribution in [3.8, 4) is 0 Å². The molecule has 1 saturated heterocycles. The van der Waals surface area contributed by atoms with Crippen LogP contribution in [0.2, 0.25) is 0 Å². The first-order chi connectivity index (χ1) is 8.79. The second kappa shape index (κ2) is 7.22. The Hall–Kier alpha value is -0.450. The molecule has 1 aliphatic rings. The number of halogens is 1. The van der Waals surface area contributed by atoms with E-state index >= 15 is 0 Å². The average Bonchev–Trinajstić information content (AvgIpc) is 2.39. The number of hydrogen-bond acceptors (Lipinski definition) is 3. The zero-order chi connectivity index (χ0) is 12.8. The van der Waals surface area contributed by atoms with Crippen LogP contribution in [0.3, 0.4) is 0 Å². The molecule has 0 spiro atoms. The van der Waals surface area contributed by atoms with E-state index in [9.17, 15) is 0 Å². The Balaban J connectivity index is 2.00. The van der Waals surface area contributed by atoms with E-state index in [2.05, 4.69) is 39.2 Å². The standard InChI is InChI=1S/C14H21BrN2O/c1-2-17-14(12-3-5-18-6-4-12)8-11-7-13(15)10-16-9-11/h7,9-10,12,14,17H,2-6,8H2,1H3. The van der Waals surface area contributed by atoms with Gasteiger partial charge < -0.3 is 10.1 Å². The van der Waals surface area contributed by atoms with Crippen molar-refractivity contribution in [2.45, 2.75) is 32.2 Å². The normalized spacial score (nSPS) is 18.8. The molecule has 3 nitrogen and oxygen atoms in total. The predicted octanol–water partition coefficient (Wildman–Crippen LogP) is 2.79. The molecule has 0 bridgehead atoms. The van der Waals surface area contributed by atoms with Gasteiger partial charge in [-0.3, -0.25) is 4.98 Å². The van der Waals surface area contributed by atoms with Gasteiger partial charge in [0.15, 0.2) is 0 Å². The van der Waals surface area contributed by atoms with Crippen molar-refractivity contribution in [1.82, 2.24) is 10.3 Å². The van der Waals surface area contributed by atoms with E-state index in [4.69, 9.17) is 4.74 Å². The van der Waals surface area contributed by atoms with E-state index in [1.165, 1.54) is 18.4 Å². The van der Waals surface area contributed by atoms with E-state index < -0.39 is 0 Å². The number of nitrogens with zero attached hydrogens (tertiary/aromatic N) is 1. The molecule has 1 aromatic rings. The lowest BCUT2D eigenvalue weighted by atomic mass is 9.88. The van der Waals surface area contributed by atoms with Gasteiger partial charge in [-0.05, 0) is 59.3 Å². The number of aromatic nitrogens is 1. The summed E-state index contributed by atoms with van der Waals surface area (Å²) in [7, 11) is 0. The molecule has 2 rings (SSSR count). The summed E-state index contributed by atoms with van der Waals surface area (Å²) in [6, 6.07) is 2.70. The molecule has 0 radical (unpaired) electrons. The maximum atomic E-state index is 5.45. The SMILES string of the molecule is CCNC(Cc1cncc(Br)c1)C1CCOCC1. The number of ether oxygens (including phenoxy) is 1. The van der Waals surface area contributed by atoms with Gasteiger partial charge in [0.1, 0.15) is 0 Å². The highest BCUT2D eigenvalue weighted by molar-refractivity contribution is 9.10. The van der Waals surface area contributed by atoms with Crippen molar-refractivity contribution in [2.75, 3.05) is 19.8 Å². The van der Waals surface area contributed by atoms with E-state index in [-0.39, 0.29) is 0 Å². The first-order valence-corrected chi connectivity index (χ1v) is 7.49. The van der Waals surface area contributed by atoms with Crippen LogP contribution in [-0.2, 0) is 11.2 Å². The van der Waals surface area contributed by atoms with Crippen molar-refractivity contribution >= 4 is 15.9 Å². The van der Waals surface area contributed by atoms with E-state index in [1.807, 2.05) is 12.4 Å². The van der Waals surface area contributed by atoms with Gasteiger partial charge in [0.25, 0.3) is 0 Å². The van der Waals surface area contributed by atoms with Crippen LogP contribution in [0, 0.1) is 5.92 Å². The summed E-state index contributed by atoms with van der Waals surface area (Å²) in [4.78, 5) is 4.24. The van der Waals surface area contributed by atoms with Crippen LogP contribution in [0.5, 0.6) is 0 Å². The zero-order valence-electron chi connectivity index (χ0n) is 10.9. The molecular formula is C14H21BrN2O. The minimum atomic E-state index is 0.537. The molecule has 1 N–H and O–H groups in total. The van der Waals surface area contributed by atoms with Crippen LogP contribution in [0.4, 0.5) is 0 Å². The van der Waals surface area contributed by atoms with Crippen LogP contribution in [-0.4, -0.2) is 30.8 Å². The van der Waals surface area contributed by atoms with Crippen molar-refractivity contribution in [2.24, 2.45) is 5.92 Å². The van der Waals surface area contributed by atoms with Crippen molar-refractivity contribution < 1.29 is 4.74 Å². The maximum Gasteiger partial charge on any atom is 0.0469 e. The Labute approximate surface area is 117 Å². The number of hydrogen-bond donors (Lipinski definition) is 1. The van der Waals surface area contributed by atoms with Crippen LogP contribution in [0.1, 0.15) is 25.3 Å². The molecule has 2 heterocycles. The average molecular weight is 313 g/mol. The third-order valence-corrected chi connectivity index (χ3v) is 3.95. The van der Waals surface area contributed by atoms with Gasteiger partial charge >= 0.3 is 0 Å². The topological polar surface area (TPSA) is 34.2 Å². The van der Waals surface area contributed by atoms with Crippen LogP contribution in [0.25, 0.3) is 0 Å². The molecule has 1 aromatic heterocycles. The monoisotopic (exact) mass is 312 g/mol. The van der Waals surface area contributed by atoms with Gasteiger partial charge in [-0.25, -0.2) is 0 Å². The first-order valence-electron chi connectivity index (χ1n) is 6.70. The third kappa shape index (κ3) is 4.04. The van der Waals surface area contributed by atoms with Gasteiger partial charge in [0, 0.05) is 36.1 Å². The fraction of sp³-hybridized carbons (Fsp3) is 0.643. The van der Waals surface area contributed by atoms with Crippen molar-refractivity contribution in [1.29, 1.82) is 0 Å². The van der Waals surface area contributed by atoms with E-state index in [1.54, 1.807) is 0 Å². The van der Waals surface area contributed by atoms with Gasteiger partial charge in [-0.2, -0.15) is 0 Å². The highest BCUT2D eigenvalue weighted by Gasteiger charge is 2.23. The molecule has 100 valence electrons. The van der Waals surface area contributed by atoms with Crippen LogP contribution >= 0.6 is 15.9 Å². The zero-order valence-corrected chi connectivity index (χ0v) is 12.4. The summed E-state index contributed by atoms with van der Waals surface area (Å²) in [5.74, 6) is 0.720. The second-order valence-electron chi connectivity index (χ2n) is 4.83. The second-order valence-corrected chi connectivity index (χ2v) is 5.75. The molecule has 0 aliphatic carbocycles. The summed E-state index contributed by atoms with van der Waals surface area (Å²) in [6.07, 6.45) is 7.18. The van der Waals surface area contributed by atoms with E-state index in [0.717, 1.165) is 36.6 Å². The molecule has 1 atom stereocenters. The number of rotatable bonds is 5. The fourth-order valence-corrected chi connectivity index (χ4v) is 3.02. The summed E-state index contributed by atoms with van der Waals surface area (Å²) < 4.78 is 6.51. The molecule has 1 aliphatic heterocycles. The van der Waals surface area contributed by atoms with E-state index in [0.29, 0.717) is 6.04 Å². The molecule has 18 heavy (non-hydrogen) atoms. The molecule has 4 heteroatoms. The quantitative estimate of drug-likeness (QED) is 0.908. The van der Waals surface area contributed by atoms with Crippen LogP contribution < -0.4 is 5.32 Å². The lowest BCUT2D eigenvalue weighted by Crippen LogP contribution is -2.40. The van der Waals surface area contributed by atoms with Gasteiger partial charge in [0.05, 0.1) is 0 Å². The summed E-state index contributed by atoms with van der Waals surface area (Å²) >= 11 is 3.48. The molecule has 0 amide bonds. The van der Waals surface area contributed by atoms with Gasteiger partial charge in [-0.1, -0.05) is 6.92 Å². The number of likely N-dealkylation sites (N-methyl/N-ethyl adjacent to an activating group) is 1. The largest absolute Gasteiger partial charge is 0.381 e. The highest BCUT2D eigenvalue weighted by atomic mass is 79.9. The minimum absolute atomic E-state index is 0.537. The van der Waals surface area contributed by atoms with Crippen molar-refractivity contribution in [3.05, 3.63) is 28.5 Å². The lowest BCUT2D eigenvalue weighted by molar-refractivity contribution is 0.0539. The molecule has 1 fully saturated rings. The first kappa shape index (κ1) is 14.0. The fourth-order valence-electron chi connectivity index (χ4n) is 2.61. The van der Waals surface area contributed by atoms with Crippen molar-refractivity contribution in [3.63, 3.8) is 0 Å². The third-order valence-electron chi connectivity index (χ3n) is 3.52. The lowest BCUT2D eigenvalue weighted by Gasteiger charge is -2.31. The van der Waals surface area contributed by atoms with Gasteiger partial charge in [-0.15, -0.1) is 0 Å². The maximum absolute atomic E-state index is 5.45. The summed E-state index contributed by atoms with van der Waals surface area (Å²) in [5.41, 5.74) is 1.29. The number of nitrogens with one attached hydrogen (secondary N) is 1. The Bertz CT molecular complexity index is 367. The smallest absolute Gasteiger partial charge is 0.0469 e. The van der Waals surface area contributed by atoms with Gasteiger partial charge in [0.2, 0.25) is 0 Å². The Morgan fingerprint density at radius 1 is 1.44 bits per heavy atom. The molecular weight excluding hydrogens is 292 g/mol. The summed E-state index contributed by atoms with van der Waals surface area (Å²) in [5, 5.41) is 3.62. The molecule has 0 aromatic carbocycles. The number of pyridine rings is 1. The summed E-state index contributed by atoms with van der Waals surface area (Å²) in [6.45, 7) is 5.00. The molecule has 0 saturated carbocycles. The Kier molecular flexibility index (Phi) is 5.60. The minimum Gasteiger partial charge on any atom is -0.381 e. The highest BCUT2D eigenvalue weighted by Crippen LogP contribution is 2.22. The molecule has 1 unspecified atom stereocenters. The predicted molar refractivity (Wildman–Crippen MR) is 76.6 cm³/mol. The Morgan fingerprint density at radius 3 is 2.89 bits per heavy atom.